The third-order valence-electron chi connectivity index (χ3n) is 5.48. The maximum atomic E-state index is 13.0. The van der Waals surface area contributed by atoms with Gasteiger partial charge in [-0.25, -0.2) is 4.68 Å². The van der Waals surface area contributed by atoms with E-state index in [4.69, 9.17) is 26.8 Å². The first-order valence-corrected chi connectivity index (χ1v) is 12.7. The number of hydrogen-bond acceptors (Lipinski definition) is 6. The highest BCUT2D eigenvalue weighted by Gasteiger charge is 2.32. The highest BCUT2D eigenvalue weighted by Crippen LogP contribution is 2.36. The highest BCUT2D eigenvalue weighted by molar-refractivity contribution is 8.26. The summed E-state index contributed by atoms with van der Waals surface area (Å²) >= 11 is 6.76. The van der Waals surface area contributed by atoms with Crippen LogP contribution >= 0.6 is 24.0 Å². The topological polar surface area (TPSA) is 56.6 Å². The van der Waals surface area contributed by atoms with Crippen LogP contribution in [0.15, 0.2) is 59.6 Å². The summed E-state index contributed by atoms with van der Waals surface area (Å²) in [7, 11) is 1.61. The molecule has 1 aromatic heterocycles. The molecule has 35 heavy (non-hydrogen) atoms. The van der Waals surface area contributed by atoms with Gasteiger partial charge < -0.3 is 9.47 Å². The lowest BCUT2D eigenvalue weighted by Crippen LogP contribution is -2.31. The number of amides is 1. The zero-order chi connectivity index (χ0) is 24.9. The quantitative estimate of drug-likeness (QED) is 0.272. The molecule has 0 aliphatic carbocycles. The van der Waals surface area contributed by atoms with Crippen molar-refractivity contribution in [1.82, 2.24) is 14.7 Å². The predicted octanol–water partition coefficient (Wildman–Crippen LogP) is 5.73. The summed E-state index contributed by atoms with van der Waals surface area (Å²) in [6.45, 7) is 7.83. The highest BCUT2D eigenvalue weighted by atomic mass is 32.2. The van der Waals surface area contributed by atoms with Crippen LogP contribution in [0.4, 0.5) is 0 Å². The molecule has 0 unspecified atom stereocenters. The minimum atomic E-state index is -0.107. The van der Waals surface area contributed by atoms with Crippen LogP contribution in [0.1, 0.15) is 25.0 Å². The Hall–Kier alpha value is -2.94. The number of carbonyl (C=O) groups is 1. The molecule has 1 aliphatic rings. The van der Waals surface area contributed by atoms with Crippen molar-refractivity contribution in [3.8, 4) is 22.7 Å². The smallest absolute Gasteiger partial charge is 0.266 e. The Kier molecular flexibility index (Phi) is 8.05. The lowest BCUT2D eigenvalue weighted by atomic mass is 10.0. The molecule has 0 bridgehead atoms. The van der Waals surface area contributed by atoms with Crippen molar-refractivity contribution in [2.75, 3.05) is 26.9 Å². The van der Waals surface area contributed by atoms with Crippen molar-refractivity contribution in [3.63, 3.8) is 0 Å². The van der Waals surface area contributed by atoms with Crippen LogP contribution in [0, 0.1) is 12.8 Å². The number of aryl methyl sites for hydroxylation is 1. The largest absolute Gasteiger partial charge is 0.493 e. The Bertz CT molecular complexity index is 1250. The fourth-order valence-electron chi connectivity index (χ4n) is 3.69. The maximum Gasteiger partial charge on any atom is 0.266 e. The molecular weight excluding hydrogens is 478 g/mol. The van der Waals surface area contributed by atoms with Crippen molar-refractivity contribution in [1.29, 1.82) is 0 Å². The third kappa shape index (κ3) is 5.83. The summed E-state index contributed by atoms with van der Waals surface area (Å²) in [5, 5.41) is 4.91. The average molecular weight is 508 g/mol. The number of aromatic nitrogens is 2. The minimum absolute atomic E-state index is 0.107. The van der Waals surface area contributed by atoms with E-state index in [1.165, 1.54) is 11.8 Å². The number of ether oxygens (including phenoxy) is 2. The molecule has 3 aromatic rings. The number of hydrogen-bond donors (Lipinski definition) is 0. The second-order valence-electron chi connectivity index (χ2n) is 8.72. The van der Waals surface area contributed by atoms with Gasteiger partial charge in [-0.05, 0) is 54.8 Å². The van der Waals surface area contributed by atoms with E-state index in [1.807, 2.05) is 72.4 Å². The Morgan fingerprint density at radius 1 is 1.17 bits per heavy atom. The Morgan fingerprint density at radius 3 is 2.63 bits per heavy atom. The molecule has 0 saturated carbocycles. The molecule has 1 amide bonds. The number of carbonyl (C=O) groups excluding carboxylic acids is 1. The number of thiocarbonyl (C=S) groups is 1. The fraction of sp³-hybridized carbons (Fsp3) is 0.296. The van der Waals surface area contributed by atoms with E-state index in [0.29, 0.717) is 34.9 Å². The van der Waals surface area contributed by atoms with Crippen LogP contribution in [0.3, 0.4) is 0 Å². The fourth-order valence-corrected chi connectivity index (χ4v) is 4.99. The summed E-state index contributed by atoms with van der Waals surface area (Å²) in [5.41, 5.74) is 4.61. The van der Waals surface area contributed by atoms with Crippen molar-refractivity contribution in [2.45, 2.75) is 20.8 Å². The van der Waals surface area contributed by atoms with Crippen molar-refractivity contribution < 1.29 is 14.3 Å². The summed E-state index contributed by atoms with van der Waals surface area (Å²) in [5.74, 6) is 1.18. The number of thioether (sulfide) groups is 1. The van der Waals surface area contributed by atoms with Crippen LogP contribution in [0.5, 0.6) is 5.75 Å². The van der Waals surface area contributed by atoms with Gasteiger partial charge in [-0.2, -0.15) is 5.10 Å². The molecule has 0 N–H and O–H groups in total. The van der Waals surface area contributed by atoms with Gasteiger partial charge in [0.2, 0.25) is 0 Å². The van der Waals surface area contributed by atoms with E-state index in [2.05, 4.69) is 13.8 Å². The molecule has 1 fully saturated rings. The van der Waals surface area contributed by atoms with Crippen molar-refractivity contribution in [3.05, 3.63) is 70.8 Å². The molecule has 1 aliphatic heterocycles. The standard InChI is InChI=1S/C27H29N3O3S2/c1-18(2)17-33-22-10-11-23(19(3)14-22)25-20(16-30(28-25)21-8-6-5-7-9-21)15-24-26(31)29(12-13-32-4)27(34)35-24/h5-11,14-16,18H,12-13,17H2,1-4H3. The normalized spacial score (nSPS) is 15.0. The van der Waals surface area contributed by atoms with E-state index in [9.17, 15) is 4.79 Å². The Balaban J connectivity index is 1.74. The van der Waals surface area contributed by atoms with Gasteiger partial charge in [0.1, 0.15) is 15.8 Å². The molecular formula is C27H29N3O3S2. The Labute approximate surface area is 215 Å². The van der Waals surface area contributed by atoms with Gasteiger partial charge >= 0.3 is 0 Å². The average Bonchev–Trinajstić information content (AvgIpc) is 3.37. The van der Waals surface area contributed by atoms with E-state index in [1.54, 1.807) is 12.0 Å². The summed E-state index contributed by atoms with van der Waals surface area (Å²) in [6, 6.07) is 16.0. The molecule has 8 heteroatoms. The van der Waals surface area contributed by atoms with Crippen LogP contribution in [-0.4, -0.2) is 51.8 Å². The number of benzene rings is 2. The zero-order valence-corrected chi connectivity index (χ0v) is 22.0. The van der Waals surface area contributed by atoms with Gasteiger partial charge in [0, 0.05) is 24.4 Å². The summed E-state index contributed by atoms with van der Waals surface area (Å²) in [4.78, 5) is 15.2. The number of rotatable bonds is 9. The molecule has 0 atom stereocenters. The predicted molar refractivity (Wildman–Crippen MR) is 146 cm³/mol. The van der Waals surface area contributed by atoms with E-state index < -0.39 is 0 Å². The monoisotopic (exact) mass is 507 g/mol. The summed E-state index contributed by atoms with van der Waals surface area (Å²) < 4.78 is 13.4. The first kappa shape index (κ1) is 25.2. The molecule has 0 radical (unpaired) electrons. The lowest BCUT2D eigenvalue weighted by molar-refractivity contribution is -0.122. The van der Waals surface area contributed by atoms with Crippen LogP contribution < -0.4 is 4.74 Å². The van der Waals surface area contributed by atoms with Gasteiger partial charge in [0.25, 0.3) is 5.91 Å². The first-order chi connectivity index (χ1) is 16.9. The van der Waals surface area contributed by atoms with Gasteiger partial charge in [-0.1, -0.05) is 56.0 Å². The molecule has 2 aromatic carbocycles. The number of methoxy groups -OCH3 is 1. The van der Waals surface area contributed by atoms with Crippen LogP contribution in [0.2, 0.25) is 0 Å². The van der Waals surface area contributed by atoms with Gasteiger partial charge in [0.05, 0.1) is 30.4 Å². The molecule has 2 heterocycles. The number of nitrogens with zero attached hydrogens (tertiary/aromatic N) is 3. The lowest BCUT2D eigenvalue weighted by Gasteiger charge is -2.13. The molecule has 182 valence electrons. The molecule has 6 nitrogen and oxygen atoms in total. The second-order valence-corrected chi connectivity index (χ2v) is 10.4. The van der Waals surface area contributed by atoms with Gasteiger partial charge in [-0.15, -0.1) is 0 Å². The molecule has 4 rings (SSSR count). The van der Waals surface area contributed by atoms with Crippen molar-refractivity contribution in [2.24, 2.45) is 5.92 Å². The van der Waals surface area contributed by atoms with E-state index in [-0.39, 0.29) is 5.91 Å². The van der Waals surface area contributed by atoms with E-state index >= 15 is 0 Å². The van der Waals surface area contributed by atoms with Gasteiger partial charge in [-0.3, -0.25) is 9.69 Å². The minimum Gasteiger partial charge on any atom is -0.493 e. The van der Waals surface area contributed by atoms with E-state index in [0.717, 1.165) is 33.8 Å². The first-order valence-electron chi connectivity index (χ1n) is 11.5. The van der Waals surface area contributed by atoms with Crippen LogP contribution in [0.25, 0.3) is 23.0 Å². The zero-order valence-electron chi connectivity index (χ0n) is 20.4. The maximum absolute atomic E-state index is 13.0. The molecule has 0 spiro atoms. The van der Waals surface area contributed by atoms with Crippen molar-refractivity contribution >= 4 is 40.3 Å². The van der Waals surface area contributed by atoms with Crippen LogP contribution in [-0.2, 0) is 9.53 Å². The summed E-state index contributed by atoms with van der Waals surface area (Å²) in [6.07, 6.45) is 3.84. The molecule has 1 saturated heterocycles. The Morgan fingerprint density at radius 2 is 1.94 bits per heavy atom. The third-order valence-corrected chi connectivity index (χ3v) is 6.86. The second kappa shape index (κ2) is 11.2. The SMILES string of the molecule is COCCN1C(=O)C(=Cc2cn(-c3ccccc3)nc2-c2ccc(OCC(C)C)cc2C)SC1=S. The number of para-hydroxylation sites is 1. The van der Waals surface area contributed by atoms with Gasteiger partial charge in [0.15, 0.2) is 0 Å².